The molecule has 0 aromatic heterocycles. The molecule has 24 heavy (non-hydrogen) atoms. The van der Waals surface area contributed by atoms with E-state index in [9.17, 15) is 9.18 Å². The number of rotatable bonds is 7. The number of carbonyl (C=O) groups excluding carboxylic acids is 1. The fraction of sp³-hybridized carbons (Fsp3) is 0.278. The minimum Gasteiger partial charge on any atom is -0.497 e. The first-order valence-corrected chi connectivity index (χ1v) is 7.59. The van der Waals surface area contributed by atoms with Crippen LogP contribution in [-0.4, -0.2) is 33.7 Å². The maximum Gasteiger partial charge on any atom is 0.279 e. The SMILES string of the molecule is COc1cccc(NC(=O)C[NH+](C)Cc2ccc(OC)c(F)c2)c1. The summed E-state index contributed by atoms with van der Waals surface area (Å²) in [7, 11) is 4.89. The van der Waals surface area contributed by atoms with Crippen LogP contribution in [0, 0.1) is 5.82 Å². The summed E-state index contributed by atoms with van der Waals surface area (Å²) >= 11 is 0. The van der Waals surface area contributed by atoms with Crippen molar-refractivity contribution in [3.05, 3.63) is 53.8 Å². The van der Waals surface area contributed by atoms with Crippen molar-refractivity contribution in [2.24, 2.45) is 0 Å². The van der Waals surface area contributed by atoms with Crippen molar-refractivity contribution in [1.82, 2.24) is 0 Å². The van der Waals surface area contributed by atoms with Gasteiger partial charge < -0.3 is 19.7 Å². The Morgan fingerprint density at radius 1 is 1.17 bits per heavy atom. The molecule has 1 atom stereocenters. The normalized spacial score (nSPS) is 11.7. The number of amides is 1. The molecule has 2 aromatic carbocycles. The number of hydrogen-bond acceptors (Lipinski definition) is 3. The Hall–Kier alpha value is -2.60. The third kappa shape index (κ3) is 4.96. The van der Waals surface area contributed by atoms with E-state index in [2.05, 4.69) is 5.32 Å². The van der Waals surface area contributed by atoms with Gasteiger partial charge in [-0.1, -0.05) is 6.07 Å². The fourth-order valence-electron chi connectivity index (χ4n) is 2.41. The van der Waals surface area contributed by atoms with Gasteiger partial charge in [-0.25, -0.2) is 4.39 Å². The minimum atomic E-state index is -0.399. The van der Waals surface area contributed by atoms with Crippen molar-refractivity contribution in [2.75, 3.05) is 33.1 Å². The van der Waals surface area contributed by atoms with Gasteiger partial charge in [-0.3, -0.25) is 4.79 Å². The van der Waals surface area contributed by atoms with Gasteiger partial charge in [0.2, 0.25) is 0 Å². The van der Waals surface area contributed by atoms with Crippen LogP contribution < -0.4 is 19.7 Å². The summed E-state index contributed by atoms with van der Waals surface area (Å²) in [5.74, 6) is 0.382. The largest absolute Gasteiger partial charge is 0.497 e. The van der Waals surface area contributed by atoms with Gasteiger partial charge in [0.1, 0.15) is 12.3 Å². The monoisotopic (exact) mass is 333 g/mol. The molecule has 0 aliphatic carbocycles. The predicted molar refractivity (Wildman–Crippen MR) is 90.0 cm³/mol. The number of likely N-dealkylation sites (N-methyl/N-ethyl adjacent to an activating group) is 1. The highest BCUT2D eigenvalue weighted by atomic mass is 19.1. The molecule has 0 aliphatic heterocycles. The van der Waals surface area contributed by atoms with E-state index in [-0.39, 0.29) is 18.2 Å². The van der Waals surface area contributed by atoms with Crippen LogP contribution in [0.4, 0.5) is 10.1 Å². The highest BCUT2D eigenvalue weighted by Gasteiger charge is 2.12. The van der Waals surface area contributed by atoms with E-state index in [1.807, 2.05) is 19.2 Å². The van der Waals surface area contributed by atoms with Gasteiger partial charge in [0.25, 0.3) is 5.91 Å². The van der Waals surface area contributed by atoms with Gasteiger partial charge in [0, 0.05) is 17.3 Å². The molecule has 0 saturated heterocycles. The summed E-state index contributed by atoms with van der Waals surface area (Å²) < 4.78 is 23.7. The van der Waals surface area contributed by atoms with Gasteiger partial charge >= 0.3 is 0 Å². The number of halogens is 1. The Morgan fingerprint density at radius 3 is 2.62 bits per heavy atom. The molecule has 2 N–H and O–H groups in total. The second-order valence-electron chi connectivity index (χ2n) is 5.56. The van der Waals surface area contributed by atoms with Crippen molar-refractivity contribution < 1.29 is 23.6 Å². The van der Waals surface area contributed by atoms with Crippen LogP contribution in [0.2, 0.25) is 0 Å². The standard InChI is InChI=1S/C18H21FN2O3/c1-21(11-13-7-8-17(24-3)16(19)9-13)12-18(22)20-14-5-4-6-15(10-14)23-2/h4-10H,11-12H2,1-3H3,(H,20,22)/p+1. The second-order valence-corrected chi connectivity index (χ2v) is 5.56. The van der Waals surface area contributed by atoms with Crippen molar-refractivity contribution in [3.8, 4) is 11.5 Å². The summed E-state index contributed by atoms with van der Waals surface area (Å²) in [6.45, 7) is 0.803. The number of benzene rings is 2. The highest BCUT2D eigenvalue weighted by Crippen LogP contribution is 2.17. The molecule has 0 spiro atoms. The lowest BCUT2D eigenvalue weighted by Gasteiger charge is -2.14. The number of methoxy groups -OCH3 is 2. The molecule has 0 saturated carbocycles. The molecule has 5 nitrogen and oxygen atoms in total. The van der Waals surface area contributed by atoms with Gasteiger partial charge in [-0.2, -0.15) is 0 Å². The molecule has 0 fully saturated rings. The second kappa shape index (κ2) is 8.31. The van der Waals surface area contributed by atoms with E-state index in [1.165, 1.54) is 13.2 Å². The van der Waals surface area contributed by atoms with Gasteiger partial charge in [0.15, 0.2) is 18.1 Å². The number of hydrogen-bond donors (Lipinski definition) is 2. The van der Waals surface area contributed by atoms with Crippen molar-refractivity contribution in [3.63, 3.8) is 0 Å². The van der Waals surface area contributed by atoms with E-state index >= 15 is 0 Å². The lowest BCUT2D eigenvalue weighted by atomic mass is 10.2. The molecule has 0 aliphatic rings. The van der Waals surface area contributed by atoms with E-state index < -0.39 is 5.82 Å². The van der Waals surface area contributed by atoms with Gasteiger partial charge in [-0.05, 0) is 30.3 Å². The first kappa shape index (κ1) is 17.7. The zero-order valence-corrected chi connectivity index (χ0v) is 14.1. The molecular weight excluding hydrogens is 311 g/mol. The third-order valence-corrected chi connectivity index (χ3v) is 3.54. The zero-order valence-electron chi connectivity index (χ0n) is 14.1. The number of quaternary nitrogens is 1. The molecule has 0 radical (unpaired) electrons. The van der Waals surface area contributed by atoms with Crippen molar-refractivity contribution >= 4 is 11.6 Å². The lowest BCUT2D eigenvalue weighted by molar-refractivity contribution is -0.885. The summed E-state index contributed by atoms with van der Waals surface area (Å²) in [5.41, 5.74) is 1.49. The number of ether oxygens (including phenoxy) is 2. The summed E-state index contributed by atoms with van der Waals surface area (Å²) in [6, 6.07) is 12.0. The number of carbonyl (C=O) groups is 1. The Morgan fingerprint density at radius 2 is 1.96 bits per heavy atom. The Labute approximate surface area is 141 Å². The first-order chi connectivity index (χ1) is 11.5. The fourth-order valence-corrected chi connectivity index (χ4v) is 2.41. The molecule has 2 rings (SSSR count). The smallest absolute Gasteiger partial charge is 0.279 e. The zero-order chi connectivity index (χ0) is 17.5. The van der Waals surface area contributed by atoms with Crippen LogP contribution in [0.15, 0.2) is 42.5 Å². The minimum absolute atomic E-state index is 0.116. The van der Waals surface area contributed by atoms with Gasteiger partial charge in [-0.15, -0.1) is 0 Å². The van der Waals surface area contributed by atoms with Crippen LogP contribution >= 0.6 is 0 Å². The average molecular weight is 333 g/mol. The van der Waals surface area contributed by atoms with Crippen molar-refractivity contribution in [1.29, 1.82) is 0 Å². The third-order valence-electron chi connectivity index (χ3n) is 3.54. The first-order valence-electron chi connectivity index (χ1n) is 7.59. The highest BCUT2D eigenvalue weighted by molar-refractivity contribution is 5.91. The van der Waals surface area contributed by atoms with Crippen LogP contribution in [-0.2, 0) is 11.3 Å². The van der Waals surface area contributed by atoms with E-state index in [4.69, 9.17) is 9.47 Å². The van der Waals surface area contributed by atoms with Crippen molar-refractivity contribution in [2.45, 2.75) is 6.54 Å². The van der Waals surface area contributed by atoms with Crippen LogP contribution in [0.3, 0.4) is 0 Å². The average Bonchev–Trinajstić information content (AvgIpc) is 2.55. The topological polar surface area (TPSA) is 52.0 Å². The van der Waals surface area contributed by atoms with Gasteiger partial charge in [0.05, 0.1) is 21.3 Å². The Bertz CT molecular complexity index is 706. The summed E-state index contributed by atoms with van der Waals surface area (Å²) in [6.07, 6.45) is 0. The lowest BCUT2D eigenvalue weighted by Crippen LogP contribution is -3.08. The maximum atomic E-state index is 13.7. The summed E-state index contributed by atoms with van der Waals surface area (Å²) in [4.78, 5) is 13.1. The van der Waals surface area contributed by atoms with Crippen LogP contribution in [0.25, 0.3) is 0 Å². The molecule has 2 aromatic rings. The number of nitrogens with one attached hydrogen (secondary N) is 2. The van der Waals surface area contributed by atoms with Crippen LogP contribution in [0.5, 0.6) is 11.5 Å². The predicted octanol–water partition coefficient (Wildman–Crippen LogP) is 1.50. The maximum absolute atomic E-state index is 13.7. The summed E-state index contributed by atoms with van der Waals surface area (Å²) in [5, 5.41) is 2.83. The molecule has 0 heterocycles. The number of anilines is 1. The van der Waals surface area contributed by atoms with E-state index in [0.717, 1.165) is 10.5 Å². The molecule has 1 amide bonds. The molecule has 6 heteroatoms. The van der Waals surface area contributed by atoms with Crippen LogP contribution in [0.1, 0.15) is 5.56 Å². The molecule has 128 valence electrons. The van der Waals surface area contributed by atoms with E-state index in [1.54, 1.807) is 31.4 Å². The molecule has 0 bridgehead atoms. The quantitative estimate of drug-likeness (QED) is 0.807. The Balaban J connectivity index is 1.90. The van der Waals surface area contributed by atoms with E-state index in [0.29, 0.717) is 18.0 Å². The molecule has 1 unspecified atom stereocenters. The Kier molecular flexibility index (Phi) is 6.14. The molecular formula is C18H22FN2O3+.